The molecule has 4 nitrogen and oxygen atoms in total. The molecule has 2 aromatic carbocycles. The highest BCUT2D eigenvalue weighted by Crippen LogP contribution is 2.45. The van der Waals surface area contributed by atoms with Gasteiger partial charge in [0.15, 0.2) is 0 Å². The van der Waals surface area contributed by atoms with Crippen LogP contribution >= 0.6 is 11.3 Å². The first-order valence-electron chi connectivity index (χ1n) is 7.93. The van der Waals surface area contributed by atoms with Gasteiger partial charge in [-0.05, 0) is 29.8 Å². The van der Waals surface area contributed by atoms with Crippen molar-refractivity contribution in [2.75, 3.05) is 5.32 Å². The number of carbonyl (C=O) groups is 1. The fraction of sp³-hybridized carbons (Fsp3) is 0.105. The summed E-state index contributed by atoms with van der Waals surface area (Å²) in [6.45, 7) is 0. The first-order chi connectivity index (χ1) is 12.5. The van der Waals surface area contributed by atoms with Crippen molar-refractivity contribution in [2.24, 2.45) is 0 Å². The lowest BCUT2D eigenvalue weighted by Gasteiger charge is -2.23. The largest absolute Gasteiger partial charge is 0.324 e. The maximum absolute atomic E-state index is 13.6. The van der Waals surface area contributed by atoms with Gasteiger partial charge < -0.3 is 5.32 Å². The van der Waals surface area contributed by atoms with Gasteiger partial charge in [0.25, 0.3) is 0 Å². The monoisotopic (exact) mass is 387 g/mol. The maximum Gasteiger partial charge on any atom is 0.225 e. The van der Waals surface area contributed by atoms with E-state index in [1.807, 2.05) is 0 Å². The summed E-state index contributed by atoms with van der Waals surface area (Å²) in [5.74, 6) is -1.03. The minimum Gasteiger partial charge on any atom is -0.324 e. The summed E-state index contributed by atoms with van der Waals surface area (Å²) in [6, 6.07) is 14.2. The number of anilines is 1. The van der Waals surface area contributed by atoms with Crippen molar-refractivity contribution in [3.8, 4) is 0 Å². The van der Waals surface area contributed by atoms with E-state index in [0.717, 1.165) is 4.88 Å². The van der Waals surface area contributed by atoms with Crippen molar-refractivity contribution >= 4 is 32.8 Å². The Hall–Kier alpha value is -2.51. The molecule has 7 heteroatoms. The maximum atomic E-state index is 13.6. The second-order valence-corrected chi connectivity index (χ2v) is 8.84. The Morgan fingerprint density at radius 1 is 1.08 bits per heavy atom. The first kappa shape index (κ1) is 16.9. The Balaban J connectivity index is 1.85. The van der Waals surface area contributed by atoms with Crippen molar-refractivity contribution in [1.82, 2.24) is 0 Å². The fourth-order valence-electron chi connectivity index (χ4n) is 3.12. The van der Waals surface area contributed by atoms with E-state index in [4.69, 9.17) is 0 Å². The average Bonchev–Trinajstić information content (AvgIpc) is 3.06. The average molecular weight is 387 g/mol. The van der Waals surface area contributed by atoms with Gasteiger partial charge in [-0.3, -0.25) is 4.79 Å². The number of fused-ring (bicyclic) bond motifs is 1. The summed E-state index contributed by atoms with van der Waals surface area (Å²) in [7, 11) is -3.75. The third kappa shape index (κ3) is 2.83. The van der Waals surface area contributed by atoms with E-state index >= 15 is 0 Å². The molecule has 1 aliphatic rings. The van der Waals surface area contributed by atoms with Crippen molar-refractivity contribution in [2.45, 2.75) is 22.1 Å². The SMILES string of the molecule is O=C1C[C@@H](c2cccc(F)c2)c2scc(S(=O)(=O)c3ccccc3)c2N1. The van der Waals surface area contributed by atoms with Crippen molar-refractivity contribution in [3.63, 3.8) is 0 Å². The smallest absolute Gasteiger partial charge is 0.225 e. The van der Waals surface area contributed by atoms with Gasteiger partial charge in [0, 0.05) is 22.6 Å². The van der Waals surface area contributed by atoms with Crippen LogP contribution < -0.4 is 5.32 Å². The van der Waals surface area contributed by atoms with Crippen LogP contribution in [-0.4, -0.2) is 14.3 Å². The van der Waals surface area contributed by atoms with Crippen LogP contribution in [-0.2, 0) is 14.6 Å². The van der Waals surface area contributed by atoms with E-state index in [-0.39, 0.29) is 33.9 Å². The number of carbonyl (C=O) groups excluding carboxylic acids is 1. The summed E-state index contributed by atoms with van der Waals surface area (Å²) in [5, 5.41) is 4.24. The number of thiophene rings is 1. The standard InChI is InChI=1S/C19H14FNO3S2/c20-13-6-4-5-12(9-13)15-10-17(22)21-18-16(11-25-19(15)18)26(23,24)14-7-2-1-3-8-14/h1-9,11,15H,10H2,(H,21,22)/t15-/m0/s1. The molecular formula is C19H14FNO3S2. The molecule has 0 bridgehead atoms. The van der Waals surface area contributed by atoms with Gasteiger partial charge in [-0.15, -0.1) is 11.3 Å². The van der Waals surface area contributed by atoms with Crippen LogP contribution in [0.25, 0.3) is 0 Å². The van der Waals surface area contributed by atoms with E-state index in [2.05, 4.69) is 5.32 Å². The number of benzene rings is 2. The molecule has 0 spiro atoms. The number of hydrogen-bond donors (Lipinski definition) is 1. The zero-order valence-corrected chi connectivity index (χ0v) is 15.1. The molecule has 132 valence electrons. The Morgan fingerprint density at radius 2 is 1.85 bits per heavy atom. The van der Waals surface area contributed by atoms with Crippen LogP contribution in [0.3, 0.4) is 0 Å². The number of nitrogens with one attached hydrogen (secondary N) is 1. The van der Waals surface area contributed by atoms with Gasteiger partial charge in [0.05, 0.1) is 10.6 Å². The molecule has 1 amide bonds. The number of rotatable bonds is 3. The Morgan fingerprint density at radius 3 is 2.58 bits per heavy atom. The second-order valence-electron chi connectivity index (χ2n) is 6.02. The van der Waals surface area contributed by atoms with Crippen molar-refractivity contribution < 1.29 is 17.6 Å². The molecule has 0 saturated carbocycles. The molecule has 3 aromatic rings. The predicted molar refractivity (Wildman–Crippen MR) is 97.7 cm³/mol. The lowest BCUT2D eigenvalue weighted by atomic mass is 9.91. The Kier molecular flexibility index (Phi) is 4.13. The van der Waals surface area contributed by atoms with Crippen molar-refractivity contribution in [3.05, 3.63) is 76.2 Å². The number of sulfone groups is 1. The van der Waals surface area contributed by atoms with Crippen LogP contribution in [0.4, 0.5) is 10.1 Å². The molecule has 26 heavy (non-hydrogen) atoms. The Bertz CT molecular complexity index is 1090. The molecule has 0 radical (unpaired) electrons. The first-order valence-corrected chi connectivity index (χ1v) is 10.3. The number of amides is 1. The van der Waals surface area contributed by atoms with Gasteiger partial charge in [0.1, 0.15) is 10.7 Å². The highest BCUT2D eigenvalue weighted by Gasteiger charge is 2.34. The molecule has 1 aliphatic heterocycles. The molecule has 1 aromatic heterocycles. The molecule has 0 saturated heterocycles. The summed E-state index contributed by atoms with van der Waals surface area (Å²) in [4.78, 5) is 13.2. The highest BCUT2D eigenvalue weighted by molar-refractivity contribution is 7.91. The predicted octanol–water partition coefficient (Wildman–Crippen LogP) is 4.19. The van der Waals surface area contributed by atoms with Crippen LogP contribution in [0.1, 0.15) is 22.8 Å². The molecule has 0 aliphatic carbocycles. The molecule has 0 unspecified atom stereocenters. The second kappa shape index (κ2) is 6.34. The molecule has 1 atom stereocenters. The van der Waals surface area contributed by atoms with Crippen LogP contribution in [0.5, 0.6) is 0 Å². The van der Waals surface area contributed by atoms with E-state index < -0.39 is 9.84 Å². The van der Waals surface area contributed by atoms with Crippen molar-refractivity contribution in [1.29, 1.82) is 0 Å². The van der Waals surface area contributed by atoms with Crippen LogP contribution in [0, 0.1) is 5.82 Å². The van der Waals surface area contributed by atoms with Gasteiger partial charge in [-0.1, -0.05) is 30.3 Å². The van der Waals surface area contributed by atoms with E-state index in [1.165, 1.54) is 35.6 Å². The van der Waals surface area contributed by atoms with Crippen LogP contribution in [0.15, 0.2) is 69.8 Å². The molecule has 2 heterocycles. The molecule has 1 N–H and O–H groups in total. The lowest BCUT2D eigenvalue weighted by Crippen LogP contribution is -2.23. The minimum absolute atomic E-state index is 0.0816. The third-order valence-corrected chi connectivity index (χ3v) is 7.39. The molecule has 0 fully saturated rings. The zero-order chi connectivity index (χ0) is 18.3. The summed E-state index contributed by atoms with van der Waals surface area (Å²) in [5.41, 5.74) is 0.968. The summed E-state index contributed by atoms with van der Waals surface area (Å²) in [6.07, 6.45) is 0.155. The van der Waals surface area contributed by atoms with E-state index in [0.29, 0.717) is 11.3 Å². The minimum atomic E-state index is -3.75. The zero-order valence-electron chi connectivity index (χ0n) is 13.5. The van der Waals surface area contributed by atoms with Crippen LogP contribution in [0.2, 0.25) is 0 Å². The van der Waals surface area contributed by atoms with Gasteiger partial charge >= 0.3 is 0 Å². The van der Waals surface area contributed by atoms with Gasteiger partial charge in [-0.25, -0.2) is 12.8 Å². The number of hydrogen-bond acceptors (Lipinski definition) is 4. The topological polar surface area (TPSA) is 63.2 Å². The van der Waals surface area contributed by atoms with E-state index in [9.17, 15) is 17.6 Å². The lowest BCUT2D eigenvalue weighted by molar-refractivity contribution is -0.116. The van der Waals surface area contributed by atoms with Gasteiger partial charge in [-0.2, -0.15) is 0 Å². The Labute approximate surface area is 154 Å². The fourth-order valence-corrected chi connectivity index (χ4v) is 6.05. The normalized spacial score (nSPS) is 16.8. The highest BCUT2D eigenvalue weighted by atomic mass is 32.2. The summed E-state index contributed by atoms with van der Waals surface area (Å²) < 4.78 is 39.6. The summed E-state index contributed by atoms with van der Waals surface area (Å²) >= 11 is 1.27. The van der Waals surface area contributed by atoms with E-state index in [1.54, 1.807) is 35.7 Å². The quantitative estimate of drug-likeness (QED) is 0.733. The third-order valence-electron chi connectivity index (χ3n) is 4.35. The molecular weight excluding hydrogens is 373 g/mol. The molecule has 4 rings (SSSR count). The van der Waals surface area contributed by atoms with Gasteiger partial charge in [0.2, 0.25) is 15.7 Å². The number of halogens is 1.